The molecule has 1 atom stereocenters. The van der Waals surface area contributed by atoms with E-state index in [4.69, 9.17) is 4.43 Å². The minimum absolute atomic E-state index is 0.0244. The summed E-state index contributed by atoms with van der Waals surface area (Å²) in [5, 5.41) is 0.0244. The lowest BCUT2D eigenvalue weighted by atomic mass is 9.73. The van der Waals surface area contributed by atoms with Gasteiger partial charge < -0.3 is 8.98 Å². The first-order valence-electron chi connectivity index (χ1n) is 9.13. The monoisotopic (exact) mass is 413 g/mol. The Labute approximate surface area is 160 Å². The van der Waals surface area contributed by atoms with Crippen molar-refractivity contribution < 1.29 is 22.2 Å². The standard InChI is InChI=1S/C18H34F3NO2SSi/c1-15(2,3)25(23)22-13-17(18(19,20)21)11-9-14(10-12-17)24-26(7,8)16(4,5)6/h13-14H,9-12H2,1-8H3/b22-13-. The Hall–Kier alpha value is -0.0531. The predicted molar refractivity (Wildman–Crippen MR) is 105 cm³/mol. The molecule has 1 aliphatic carbocycles. The van der Waals surface area contributed by atoms with E-state index < -0.39 is 36.0 Å². The van der Waals surface area contributed by atoms with Crippen LogP contribution >= 0.6 is 0 Å². The van der Waals surface area contributed by atoms with Gasteiger partial charge in [0, 0.05) is 6.10 Å². The maximum atomic E-state index is 13.8. The number of hydrogen-bond donors (Lipinski definition) is 0. The lowest BCUT2D eigenvalue weighted by Crippen LogP contribution is -2.48. The second kappa shape index (κ2) is 7.76. The van der Waals surface area contributed by atoms with Crippen LogP contribution in [0, 0.1) is 5.41 Å². The smallest absolute Gasteiger partial charge is 0.399 e. The van der Waals surface area contributed by atoms with Crippen LogP contribution in [0.1, 0.15) is 67.2 Å². The third-order valence-corrected chi connectivity index (χ3v) is 11.5. The fourth-order valence-corrected chi connectivity index (χ4v) is 4.65. The summed E-state index contributed by atoms with van der Waals surface area (Å²) in [6.45, 7) is 15.7. The molecule has 0 spiro atoms. The molecule has 0 bridgehead atoms. The van der Waals surface area contributed by atoms with Crippen molar-refractivity contribution in [1.29, 1.82) is 0 Å². The van der Waals surface area contributed by atoms with Crippen LogP contribution in [0.5, 0.6) is 0 Å². The van der Waals surface area contributed by atoms with Crippen LogP contribution in [0.3, 0.4) is 0 Å². The number of hydrogen-bond acceptors (Lipinski definition) is 3. The Morgan fingerprint density at radius 2 is 1.54 bits per heavy atom. The summed E-state index contributed by atoms with van der Waals surface area (Å²) in [4.78, 5) is 0. The molecule has 3 nitrogen and oxygen atoms in total. The molecule has 0 aromatic carbocycles. The summed E-state index contributed by atoms with van der Waals surface area (Å²) in [7, 11) is -2.01. The van der Waals surface area contributed by atoms with Gasteiger partial charge in [0.05, 0.1) is 6.21 Å². The molecular formula is C18H34F3NO2SSi. The molecule has 0 heterocycles. The highest BCUT2D eigenvalue weighted by Gasteiger charge is 2.56. The number of rotatable bonds is 4. The zero-order chi connectivity index (χ0) is 20.6. The minimum Gasteiger partial charge on any atom is -0.591 e. The first-order valence-corrected chi connectivity index (χ1v) is 13.1. The number of alkyl halides is 3. The summed E-state index contributed by atoms with van der Waals surface area (Å²) in [6.07, 6.45) is -3.08. The van der Waals surface area contributed by atoms with Crippen LogP contribution in [-0.2, 0) is 15.8 Å². The van der Waals surface area contributed by atoms with Crippen LogP contribution in [0.25, 0.3) is 0 Å². The van der Waals surface area contributed by atoms with Crippen LogP contribution in [0.15, 0.2) is 4.40 Å². The zero-order valence-electron chi connectivity index (χ0n) is 17.3. The molecule has 0 aromatic heterocycles. The molecule has 0 aliphatic heterocycles. The van der Waals surface area contributed by atoms with Gasteiger partial charge in [0.1, 0.15) is 21.5 Å². The van der Waals surface area contributed by atoms with Crippen molar-refractivity contribution >= 4 is 25.9 Å². The highest BCUT2D eigenvalue weighted by Crippen LogP contribution is 2.49. The molecule has 1 saturated carbocycles. The molecule has 0 radical (unpaired) electrons. The zero-order valence-corrected chi connectivity index (χ0v) is 19.1. The third-order valence-electron chi connectivity index (χ3n) is 5.58. The van der Waals surface area contributed by atoms with Gasteiger partial charge in [-0.2, -0.15) is 13.2 Å². The highest BCUT2D eigenvalue weighted by molar-refractivity contribution is 7.91. The van der Waals surface area contributed by atoms with E-state index in [-0.39, 0.29) is 24.0 Å². The largest absolute Gasteiger partial charge is 0.591 e. The van der Waals surface area contributed by atoms with Gasteiger partial charge in [0.15, 0.2) is 8.32 Å². The Kier molecular flexibility index (Phi) is 7.16. The van der Waals surface area contributed by atoms with E-state index >= 15 is 0 Å². The highest BCUT2D eigenvalue weighted by atomic mass is 32.2. The molecule has 1 unspecified atom stereocenters. The van der Waals surface area contributed by atoms with Gasteiger partial charge in [0.2, 0.25) is 0 Å². The topological polar surface area (TPSA) is 44.7 Å². The van der Waals surface area contributed by atoms with Crippen molar-refractivity contribution in [2.45, 2.75) is 102 Å². The van der Waals surface area contributed by atoms with Gasteiger partial charge in [0.25, 0.3) is 0 Å². The van der Waals surface area contributed by atoms with Crippen molar-refractivity contribution in [3.8, 4) is 0 Å². The van der Waals surface area contributed by atoms with E-state index in [9.17, 15) is 17.7 Å². The first kappa shape index (κ1) is 24.0. The van der Waals surface area contributed by atoms with Crippen LogP contribution < -0.4 is 0 Å². The summed E-state index contributed by atoms with van der Waals surface area (Å²) < 4.78 is 62.8. The first-order chi connectivity index (χ1) is 11.4. The number of halogens is 3. The van der Waals surface area contributed by atoms with Gasteiger partial charge in [-0.1, -0.05) is 25.2 Å². The van der Waals surface area contributed by atoms with E-state index in [0.717, 1.165) is 6.21 Å². The lowest BCUT2D eigenvalue weighted by molar-refractivity contribution is -0.208. The van der Waals surface area contributed by atoms with E-state index in [2.05, 4.69) is 38.3 Å². The molecule has 1 aliphatic rings. The fraction of sp³-hybridized carbons (Fsp3) is 0.944. The van der Waals surface area contributed by atoms with E-state index in [1.807, 2.05) is 0 Å². The maximum Gasteiger partial charge on any atom is 0.399 e. The summed E-state index contributed by atoms with van der Waals surface area (Å²) in [5.41, 5.74) is -2.00. The molecule has 154 valence electrons. The van der Waals surface area contributed by atoms with Crippen molar-refractivity contribution in [1.82, 2.24) is 0 Å². The van der Waals surface area contributed by atoms with Crippen molar-refractivity contribution in [3.05, 3.63) is 0 Å². The fourth-order valence-electron chi connectivity index (χ4n) is 2.61. The van der Waals surface area contributed by atoms with Crippen molar-refractivity contribution in [2.24, 2.45) is 9.81 Å². The SMILES string of the molecule is CC(C)(C)[S+]([O-])/N=C\C1(C(F)(F)F)CCC(O[Si](C)(C)C(C)(C)C)CC1. The molecule has 0 amide bonds. The molecule has 0 saturated heterocycles. The Morgan fingerprint density at radius 1 is 1.08 bits per heavy atom. The van der Waals surface area contributed by atoms with Gasteiger partial charge in [-0.3, -0.25) is 0 Å². The quantitative estimate of drug-likeness (QED) is 0.321. The molecule has 26 heavy (non-hydrogen) atoms. The van der Waals surface area contributed by atoms with Gasteiger partial charge in [-0.05, 0) is 64.6 Å². The Morgan fingerprint density at radius 3 is 1.88 bits per heavy atom. The maximum absolute atomic E-state index is 13.8. The summed E-state index contributed by atoms with van der Waals surface area (Å²) in [5.74, 6) is 0. The van der Waals surface area contributed by atoms with Gasteiger partial charge in [-0.25, -0.2) is 0 Å². The average Bonchev–Trinajstić information content (AvgIpc) is 2.42. The normalized spacial score (nSPS) is 27.8. The van der Waals surface area contributed by atoms with Crippen LogP contribution in [0.4, 0.5) is 13.2 Å². The molecular weight excluding hydrogens is 379 g/mol. The van der Waals surface area contributed by atoms with E-state index in [0.29, 0.717) is 12.8 Å². The minimum atomic E-state index is -4.40. The molecule has 0 N–H and O–H groups in total. The van der Waals surface area contributed by atoms with Gasteiger partial charge in [-0.15, -0.1) is 0 Å². The Balaban J connectivity index is 2.90. The molecule has 0 aromatic rings. The average molecular weight is 414 g/mol. The van der Waals surface area contributed by atoms with E-state index in [1.165, 1.54) is 0 Å². The van der Waals surface area contributed by atoms with Crippen molar-refractivity contribution in [3.63, 3.8) is 0 Å². The lowest BCUT2D eigenvalue weighted by Gasteiger charge is -2.43. The second-order valence-electron chi connectivity index (χ2n) is 9.83. The molecule has 1 rings (SSSR count). The third kappa shape index (κ3) is 5.72. The number of nitrogens with zero attached hydrogens (tertiary/aromatic N) is 1. The summed E-state index contributed by atoms with van der Waals surface area (Å²) in [6, 6.07) is 0. The molecule has 8 heteroatoms. The van der Waals surface area contributed by atoms with Gasteiger partial charge >= 0.3 is 6.18 Å². The van der Waals surface area contributed by atoms with E-state index in [1.54, 1.807) is 20.8 Å². The summed E-state index contributed by atoms with van der Waals surface area (Å²) >= 11 is -1.69. The second-order valence-corrected chi connectivity index (χ2v) is 16.5. The molecule has 1 fully saturated rings. The van der Waals surface area contributed by atoms with Crippen LogP contribution in [-0.4, -0.2) is 36.1 Å². The predicted octanol–water partition coefficient (Wildman–Crippen LogP) is 6.03. The van der Waals surface area contributed by atoms with Crippen molar-refractivity contribution in [2.75, 3.05) is 0 Å². The Bertz CT molecular complexity index is 502. The van der Waals surface area contributed by atoms with Crippen LogP contribution in [0.2, 0.25) is 18.1 Å².